The zero-order valence-corrected chi connectivity index (χ0v) is 11.3. The first-order valence-electron chi connectivity index (χ1n) is 6.33. The Bertz CT molecular complexity index is 609. The Hall–Kier alpha value is -2.21. The van der Waals surface area contributed by atoms with Gasteiger partial charge in [0.25, 0.3) is 0 Å². The minimum absolute atomic E-state index is 0.312. The molecule has 1 amide bonds. The van der Waals surface area contributed by atoms with Crippen LogP contribution in [0.4, 0.5) is 4.39 Å². The van der Waals surface area contributed by atoms with Crippen LogP contribution in [0.15, 0.2) is 30.6 Å². The van der Waals surface area contributed by atoms with Gasteiger partial charge in [0.2, 0.25) is 5.91 Å². The van der Waals surface area contributed by atoms with Crippen LogP contribution in [-0.2, 0) is 20.0 Å². The number of hydrogen-bond donors (Lipinski definition) is 2. The number of primary amides is 1. The molecule has 0 spiro atoms. The van der Waals surface area contributed by atoms with Gasteiger partial charge in [0, 0.05) is 50.1 Å². The number of aryl methyl sites for hydroxylation is 1. The molecule has 0 unspecified atom stereocenters. The van der Waals surface area contributed by atoms with Crippen molar-refractivity contribution in [3.63, 3.8) is 0 Å². The minimum Gasteiger partial charge on any atom is -0.366 e. The van der Waals surface area contributed by atoms with Gasteiger partial charge in [-0.1, -0.05) is 0 Å². The highest BCUT2D eigenvalue weighted by Gasteiger charge is 2.07. The number of amides is 1. The van der Waals surface area contributed by atoms with Gasteiger partial charge in [0.1, 0.15) is 11.6 Å². The predicted octanol–water partition coefficient (Wildman–Crippen LogP) is 0.990. The van der Waals surface area contributed by atoms with Crippen molar-refractivity contribution in [1.82, 2.24) is 14.9 Å². The monoisotopic (exact) mass is 276 g/mol. The molecule has 3 N–H and O–H groups in total. The lowest BCUT2D eigenvalue weighted by atomic mass is 10.1. The van der Waals surface area contributed by atoms with E-state index in [0.29, 0.717) is 24.2 Å². The van der Waals surface area contributed by atoms with Gasteiger partial charge in [-0.2, -0.15) is 0 Å². The number of nitrogens with two attached hydrogens (primary N) is 1. The molecule has 20 heavy (non-hydrogen) atoms. The third kappa shape index (κ3) is 3.42. The van der Waals surface area contributed by atoms with Crippen LogP contribution in [0, 0.1) is 5.82 Å². The van der Waals surface area contributed by atoms with Gasteiger partial charge in [-0.15, -0.1) is 0 Å². The lowest BCUT2D eigenvalue weighted by Gasteiger charge is -2.07. The lowest BCUT2D eigenvalue weighted by molar-refractivity contribution is 0.1000. The summed E-state index contributed by atoms with van der Waals surface area (Å²) in [5.41, 5.74) is 5.92. The van der Waals surface area contributed by atoms with E-state index in [9.17, 15) is 9.18 Å². The molecule has 0 aliphatic rings. The normalized spacial score (nSPS) is 10.7. The second kappa shape index (κ2) is 6.29. The van der Waals surface area contributed by atoms with Crippen molar-refractivity contribution in [2.45, 2.75) is 13.0 Å². The number of nitrogens with zero attached hydrogens (tertiary/aromatic N) is 2. The minimum atomic E-state index is -0.556. The first kappa shape index (κ1) is 14.2. The fraction of sp³-hybridized carbons (Fsp3) is 0.286. The quantitative estimate of drug-likeness (QED) is 0.773. The average Bonchev–Trinajstić information content (AvgIpc) is 2.82. The third-order valence-corrected chi connectivity index (χ3v) is 3.09. The van der Waals surface area contributed by atoms with Gasteiger partial charge in [0.05, 0.1) is 0 Å². The van der Waals surface area contributed by atoms with Gasteiger partial charge in [0.15, 0.2) is 0 Å². The van der Waals surface area contributed by atoms with Crippen LogP contribution >= 0.6 is 0 Å². The molecule has 0 saturated carbocycles. The second-order valence-electron chi connectivity index (χ2n) is 4.55. The maximum absolute atomic E-state index is 13.6. The van der Waals surface area contributed by atoms with Crippen LogP contribution in [0.1, 0.15) is 21.7 Å². The zero-order valence-electron chi connectivity index (χ0n) is 11.3. The van der Waals surface area contributed by atoms with Crippen LogP contribution in [-0.4, -0.2) is 22.0 Å². The molecule has 0 atom stereocenters. The van der Waals surface area contributed by atoms with E-state index in [-0.39, 0.29) is 5.82 Å². The fourth-order valence-corrected chi connectivity index (χ4v) is 1.92. The van der Waals surface area contributed by atoms with E-state index in [1.807, 2.05) is 17.8 Å². The van der Waals surface area contributed by atoms with Crippen molar-refractivity contribution in [3.05, 3.63) is 53.4 Å². The van der Waals surface area contributed by atoms with E-state index < -0.39 is 5.91 Å². The molecule has 0 saturated heterocycles. The molecule has 1 aromatic heterocycles. The number of carbonyl (C=O) groups excluding carboxylic acids is 1. The molecule has 1 aromatic carbocycles. The molecule has 6 heteroatoms. The summed E-state index contributed by atoms with van der Waals surface area (Å²) in [4.78, 5) is 15.3. The summed E-state index contributed by atoms with van der Waals surface area (Å²) in [6, 6.07) is 4.12. The Morgan fingerprint density at radius 3 is 2.95 bits per heavy atom. The Morgan fingerprint density at radius 2 is 2.30 bits per heavy atom. The highest BCUT2D eigenvalue weighted by Crippen LogP contribution is 2.10. The van der Waals surface area contributed by atoms with Crippen molar-refractivity contribution < 1.29 is 9.18 Å². The average molecular weight is 276 g/mol. The summed E-state index contributed by atoms with van der Waals surface area (Å²) in [6.45, 7) is 1.02. The molecular weight excluding hydrogens is 259 g/mol. The number of hydrogen-bond acceptors (Lipinski definition) is 3. The Morgan fingerprint density at radius 1 is 1.50 bits per heavy atom. The number of nitrogens with one attached hydrogen (secondary N) is 1. The maximum atomic E-state index is 13.6. The zero-order chi connectivity index (χ0) is 14.5. The van der Waals surface area contributed by atoms with Crippen molar-refractivity contribution in [3.8, 4) is 0 Å². The van der Waals surface area contributed by atoms with E-state index in [1.165, 1.54) is 18.2 Å². The molecule has 2 rings (SSSR count). The summed E-state index contributed by atoms with van der Waals surface area (Å²) in [7, 11) is 1.93. The molecular formula is C14H17FN4O. The number of aromatic nitrogens is 2. The van der Waals surface area contributed by atoms with Gasteiger partial charge in [-0.25, -0.2) is 9.37 Å². The van der Waals surface area contributed by atoms with Gasteiger partial charge >= 0.3 is 0 Å². The van der Waals surface area contributed by atoms with Crippen LogP contribution in [0.2, 0.25) is 0 Å². The summed E-state index contributed by atoms with van der Waals surface area (Å²) in [5.74, 6) is 0.0580. The van der Waals surface area contributed by atoms with Crippen LogP contribution in [0.25, 0.3) is 0 Å². The van der Waals surface area contributed by atoms with Gasteiger partial charge in [-0.3, -0.25) is 4.79 Å². The van der Waals surface area contributed by atoms with E-state index >= 15 is 0 Å². The van der Waals surface area contributed by atoms with E-state index in [0.717, 1.165) is 12.2 Å². The molecule has 0 aliphatic heterocycles. The van der Waals surface area contributed by atoms with E-state index in [4.69, 9.17) is 5.73 Å². The Balaban J connectivity index is 1.89. The van der Waals surface area contributed by atoms with Gasteiger partial charge < -0.3 is 15.6 Å². The van der Waals surface area contributed by atoms with Crippen molar-refractivity contribution >= 4 is 5.91 Å². The first-order chi connectivity index (χ1) is 9.58. The van der Waals surface area contributed by atoms with Crippen LogP contribution in [0.3, 0.4) is 0 Å². The highest BCUT2D eigenvalue weighted by molar-refractivity contribution is 5.92. The first-order valence-corrected chi connectivity index (χ1v) is 6.33. The molecule has 0 fully saturated rings. The molecule has 0 radical (unpaired) electrons. The Kier molecular flexibility index (Phi) is 4.47. The number of carbonyl (C=O) groups is 1. The van der Waals surface area contributed by atoms with Crippen molar-refractivity contribution in [1.29, 1.82) is 0 Å². The maximum Gasteiger partial charge on any atom is 0.248 e. The summed E-state index contributed by atoms with van der Waals surface area (Å²) >= 11 is 0. The van der Waals surface area contributed by atoms with Crippen LogP contribution in [0.5, 0.6) is 0 Å². The SMILES string of the molecule is Cn1ccnc1CCNCc1cc(C(N)=O)ccc1F. The summed E-state index contributed by atoms with van der Waals surface area (Å²) < 4.78 is 15.5. The summed E-state index contributed by atoms with van der Waals surface area (Å²) in [5, 5.41) is 3.13. The van der Waals surface area contributed by atoms with E-state index in [1.54, 1.807) is 6.20 Å². The largest absolute Gasteiger partial charge is 0.366 e. The molecule has 2 aromatic rings. The second-order valence-corrected chi connectivity index (χ2v) is 4.55. The number of halogens is 1. The highest BCUT2D eigenvalue weighted by atomic mass is 19.1. The fourth-order valence-electron chi connectivity index (χ4n) is 1.92. The smallest absolute Gasteiger partial charge is 0.248 e. The standard InChI is InChI=1S/C14H17FN4O/c1-19-7-6-18-13(19)4-5-17-9-11-8-10(14(16)20)2-3-12(11)15/h2-3,6-8,17H,4-5,9H2,1H3,(H2,16,20). The van der Waals surface area contributed by atoms with Crippen molar-refractivity contribution in [2.75, 3.05) is 6.54 Å². The topological polar surface area (TPSA) is 72.9 Å². The predicted molar refractivity (Wildman–Crippen MR) is 73.5 cm³/mol. The lowest BCUT2D eigenvalue weighted by Crippen LogP contribution is -2.19. The van der Waals surface area contributed by atoms with Crippen molar-refractivity contribution in [2.24, 2.45) is 12.8 Å². The molecule has 0 bridgehead atoms. The van der Waals surface area contributed by atoms with Gasteiger partial charge in [-0.05, 0) is 18.2 Å². The summed E-state index contributed by atoms with van der Waals surface area (Å²) in [6.07, 6.45) is 4.37. The van der Waals surface area contributed by atoms with Crippen LogP contribution < -0.4 is 11.1 Å². The van der Waals surface area contributed by atoms with E-state index in [2.05, 4.69) is 10.3 Å². The number of rotatable bonds is 6. The molecule has 106 valence electrons. The number of benzene rings is 1. The number of imidazole rings is 1. The molecule has 0 aliphatic carbocycles. The Labute approximate surface area is 116 Å². The molecule has 1 heterocycles. The molecule has 5 nitrogen and oxygen atoms in total. The third-order valence-electron chi connectivity index (χ3n) is 3.09.